The van der Waals surface area contributed by atoms with Gasteiger partial charge in [-0.25, -0.2) is 0 Å². The maximum Gasteiger partial charge on any atom is 0.255 e. The molecule has 0 aromatic heterocycles. The number of halogens is 1. The molecule has 2 aromatic carbocycles. The van der Waals surface area contributed by atoms with Crippen molar-refractivity contribution in [2.24, 2.45) is 0 Å². The summed E-state index contributed by atoms with van der Waals surface area (Å²) in [7, 11) is 3.35. The van der Waals surface area contributed by atoms with Crippen LogP contribution in [0.1, 0.15) is 36.7 Å². The minimum atomic E-state index is -0.199. The highest BCUT2D eigenvalue weighted by molar-refractivity contribution is 6.31. The third-order valence-electron chi connectivity index (χ3n) is 4.07. The Kier molecular flexibility index (Phi) is 6.50. The average molecular weight is 388 g/mol. The molecule has 5 nitrogen and oxygen atoms in total. The fraction of sp³-hybridized carbons (Fsp3) is 0.333. The summed E-state index contributed by atoms with van der Waals surface area (Å²) in [5, 5.41) is 6.46. The fourth-order valence-corrected chi connectivity index (χ4v) is 2.88. The number of carbonyl (C=O) groups is 2. The molecule has 6 heteroatoms. The molecule has 2 amide bonds. The van der Waals surface area contributed by atoms with Gasteiger partial charge < -0.3 is 15.5 Å². The Hall–Kier alpha value is -2.53. The molecule has 0 radical (unpaired) electrons. The minimum Gasteiger partial charge on any atom is -0.375 e. The number of hydrogen-bond donors (Lipinski definition) is 2. The predicted octanol–water partition coefficient (Wildman–Crippen LogP) is 4.39. The summed E-state index contributed by atoms with van der Waals surface area (Å²) < 4.78 is 0. The number of rotatable bonds is 5. The van der Waals surface area contributed by atoms with Gasteiger partial charge in [-0.3, -0.25) is 9.59 Å². The van der Waals surface area contributed by atoms with E-state index in [0.717, 1.165) is 11.3 Å². The second-order valence-corrected chi connectivity index (χ2v) is 8.02. The van der Waals surface area contributed by atoms with Crippen LogP contribution in [0.3, 0.4) is 0 Å². The van der Waals surface area contributed by atoms with Crippen LogP contribution in [0.15, 0.2) is 42.5 Å². The Labute approximate surface area is 165 Å². The zero-order valence-corrected chi connectivity index (χ0v) is 17.1. The average Bonchev–Trinajstić information content (AvgIpc) is 2.59. The number of anilines is 2. The first-order valence-corrected chi connectivity index (χ1v) is 9.12. The Morgan fingerprint density at radius 1 is 1.04 bits per heavy atom. The summed E-state index contributed by atoms with van der Waals surface area (Å²) in [6.45, 7) is 6.32. The molecule has 0 aliphatic heterocycles. The van der Waals surface area contributed by atoms with Crippen LogP contribution in [0, 0.1) is 0 Å². The first-order valence-electron chi connectivity index (χ1n) is 8.74. The molecule has 0 atom stereocenters. The molecule has 0 heterocycles. The van der Waals surface area contributed by atoms with Crippen molar-refractivity contribution < 1.29 is 9.59 Å². The van der Waals surface area contributed by atoms with Crippen molar-refractivity contribution >= 4 is 34.8 Å². The van der Waals surface area contributed by atoms with E-state index in [9.17, 15) is 9.59 Å². The van der Waals surface area contributed by atoms with Crippen LogP contribution >= 0.6 is 11.6 Å². The molecule has 0 unspecified atom stereocenters. The summed E-state index contributed by atoms with van der Waals surface area (Å²) in [5.74, 6) is -0.359. The third kappa shape index (κ3) is 5.47. The normalized spacial score (nSPS) is 11.0. The van der Waals surface area contributed by atoms with Crippen LogP contribution < -0.4 is 10.6 Å². The van der Waals surface area contributed by atoms with Gasteiger partial charge >= 0.3 is 0 Å². The third-order valence-corrected chi connectivity index (χ3v) is 4.30. The highest BCUT2D eigenvalue weighted by Crippen LogP contribution is 2.29. The van der Waals surface area contributed by atoms with Crippen LogP contribution in [-0.4, -0.2) is 37.4 Å². The molecule has 0 aliphatic rings. The minimum absolute atomic E-state index is 0.0204. The number of carbonyl (C=O) groups excluding carboxylic acids is 2. The molecule has 0 saturated heterocycles. The van der Waals surface area contributed by atoms with E-state index in [1.165, 1.54) is 4.90 Å². The zero-order valence-electron chi connectivity index (χ0n) is 16.4. The maximum absolute atomic E-state index is 12.5. The first-order chi connectivity index (χ1) is 12.6. The van der Waals surface area contributed by atoms with Gasteiger partial charge in [0.2, 0.25) is 5.91 Å². The summed E-state index contributed by atoms with van der Waals surface area (Å²) in [4.78, 5) is 26.3. The van der Waals surface area contributed by atoms with Gasteiger partial charge in [0.15, 0.2) is 0 Å². The molecule has 2 rings (SSSR count). The van der Waals surface area contributed by atoms with Crippen LogP contribution in [0.5, 0.6) is 0 Å². The largest absolute Gasteiger partial charge is 0.375 e. The van der Waals surface area contributed by atoms with Gasteiger partial charge in [-0.1, -0.05) is 50.6 Å². The fourth-order valence-electron chi connectivity index (χ4n) is 2.71. The second-order valence-electron chi connectivity index (χ2n) is 7.59. The van der Waals surface area contributed by atoms with E-state index in [4.69, 9.17) is 11.6 Å². The van der Waals surface area contributed by atoms with E-state index in [0.29, 0.717) is 16.3 Å². The van der Waals surface area contributed by atoms with Gasteiger partial charge in [0.1, 0.15) is 0 Å². The van der Waals surface area contributed by atoms with Gasteiger partial charge in [0.25, 0.3) is 5.91 Å². The SMILES string of the molecule is CN(C)C(=O)c1ccc(Cl)cc1NCC(=O)Nc1ccccc1C(C)(C)C. The Balaban J connectivity index is 2.14. The second kappa shape index (κ2) is 8.44. The monoisotopic (exact) mass is 387 g/mol. The predicted molar refractivity (Wildman–Crippen MR) is 112 cm³/mol. The van der Waals surface area contributed by atoms with Crippen molar-refractivity contribution in [1.29, 1.82) is 0 Å². The summed E-state index contributed by atoms with van der Waals surface area (Å²) in [5.41, 5.74) is 2.75. The number of benzene rings is 2. The molecule has 144 valence electrons. The van der Waals surface area contributed by atoms with E-state index in [2.05, 4.69) is 31.4 Å². The maximum atomic E-state index is 12.5. The molecule has 2 N–H and O–H groups in total. The molecule has 2 aromatic rings. The van der Waals surface area contributed by atoms with E-state index in [1.54, 1.807) is 32.3 Å². The van der Waals surface area contributed by atoms with Crippen molar-refractivity contribution in [2.45, 2.75) is 26.2 Å². The van der Waals surface area contributed by atoms with Crippen LogP contribution in [-0.2, 0) is 10.2 Å². The van der Waals surface area contributed by atoms with Crippen LogP contribution in [0.25, 0.3) is 0 Å². The number of amides is 2. The summed E-state index contributed by atoms with van der Waals surface area (Å²) in [6, 6.07) is 12.7. The smallest absolute Gasteiger partial charge is 0.255 e. The molecule has 0 saturated carbocycles. The lowest BCUT2D eigenvalue weighted by molar-refractivity contribution is -0.114. The van der Waals surface area contributed by atoms with Crippen molar-refractivity contribution in [3.8, 4) is 0 Å². The number of para-hydroxylation sites is 1. The molecule has 0 aliphatic carbocycles. The highest BCUT2D eigenvalue weighted by atomic mass is 35.5. The van der Waals surface area contributed by atoms with Crippen molar-refractivity contribution in [1.82, 2.24) is 4.90 Å². The zero-order chi connectivity index (χ0) is 20.2. The van der Waals surface area contributed by atoms with Crippen molar-refractivity contribution in [3.05, 3.63) is 58.6 Å². The van der Waals surface area contributed by atoms with Crippen LogP contribution in [0.2, 0.25) is 5.02 Å². The molecule has 27 heavy (non-hydrogen) atoms. The molecular formula is C21H26ClN3O2. The Morgan fingerprint density at radius 2 is 1.70 bits per heavy atom. The van der Waals surface area contributed by atoms with Gasteiger partial charge in [-0.15, -0.1) is 0 Å². The molecule has 0 fully saturated rings. The lowest BCUT2D eigenvalue weighted by Gasteiger charge is -2.23. The lowest BCUT2D eigenvalue weighted by atomic mass is 9.86. The van der Waals surface area contributed by atoms with Gasteiger partial charge in [-0.2, -0.15) is 0 Å². The van der Waals surface area contributed by atoms with E-state index in [-0.39, 0.29) is 23.8 Å². The summed E-state index contributed by atoms with van der Waals surface area (Å²) >= 11 is 6.05. The summed E-state index contributed by atoms with van der Waals surface area (Å²) in [6.07, 6.45) is 0. The van der Waals surface area contributed by atoms with E-state index in [1.807, 2.05) is 24.3 Å². The van der Waals surface area contributed by atoms with Crippen LogP contribution in [0.4, 0.5) is 11.4 Å². The van der Waals surface area contributed by atoms with E-state index < -0.39 is 0 Å². The number of nitrogens with zero attached hydrogens (tertiary/aromatic N) is 1. The Bertz CT molecular complexity index is 842. The van der Waals surface area contributed by atoms with Gasteiger partial charge in [0, 0.05) is 30.5 Å². The number of hydrogen-bond acceptors (Lipinski definition) is 3. The Morgan fingerprint density at radius 3 is 2.33 bits per heavy atom. The van der Waals surface area contributed by atoms with Crippen molar-refractivity contribution in [2.75, 3.05) is 31.3 Å². The van der Waals surface area contributed by atoms with Gasteiger partial charge in [0.05, 0.1) is 12.1 Å². The number of nitrogens with one attached hydrogen (secondary N) is 2. The lowest BCUT2D eigenvalue weighted by Crippen LogP contribution is -2.26. The molecule has 0 spiro atoms. The molecular weight excluding hydrogens is 362 g/mol. The quantitative estimate of drug-likeness (QED) is 0.799. The molecule has 0 bridgehead atoms. The van der Waals surface area contributed by atoms with E-state index >= 15 is 0 Å². The van der Waals surface area contributed by atoms with Crippen molar-refractivity contribution in [3.63, 3.8) is 0 Å². The standard InChI is InChI=1S/C21H26ClN3O2/c1-21(2,3)16-8-6-7-9-17(16)24-19(26)13-23-18-12-14(22)10-11-15(18)20(27)25(4)5/h6-12,23H,13H2,1-5H3,(H,24,26). The first kappa shape index (κ1) is 20.8. The topological polar surface area (TPSA) is 61.4 Å². The van der Waals surface area contributed by atoms with Gasteiger partial charge in [-0.05, 0) is 35.2 Å². The highest BCUT2D eigenvalue weighted by Gasteiger charge is 2.19.